The molecule has 1 aliphatic rings. The van der Waals surface area contributed by atoms with Gasteiger partial charge in [-0.25, -0.2) is 0 Å². The normalized spacial score (nSPS) is 12.1. The van der Waals surface area contributed by atoms with Crippen LogP contribution in [0.25, 0.3) is 0 Å². The number of fused-ring (bicyclic) bond motifs is 1. The lowest BCUT2D eigenvalue weighted by Gasteiger charge is -2.07. The van der Waals surface area contributed by atoms with Crippen molar-refractivity contribution in [2.45, 2.75) is 19.8 Å². The van der Waals surface area contributed by atoms with Crippen LogP contribution in [-0.2, 0) is 9.53 Å². The average molecular weight is 280 g/mol. The fourth-order valence-electron chi connectivity index (χ4n) is 1.79. The number of hydrogen-bond donors (Lipinski definition) is 0. The number of rotatable bonds is 6. The maximum Gasteiger partial charge on any atom is 0.313 e. The second-order valence-electron chi connectivity index (χ2n) is 4.23. The summed E-state index contributed by atoms with van der Waals surface area (Å²) in [7, 11) is 1.47. The predicted molar refractivity (Wildman–Crippen MR) is 69.3 cm³/mol. The van der Waals surface area contributed by atoms with Gasteiger partial charge in [0.2, 0.25) is 12.5 Å². The molecule has 1 aromatic carbocycles. The van der Waals surface area contributed by atoms with E-state index in [-0.39, 0.29) is 19.0 Å². The van der Waals surface area contributed by atoms with Crippen LogP contribution in [0.3, 0.4) is 0 Å². The van der Waals surface area contributed by atoms with Crippen LogP contribution in [0.4, 0.5) is 0 Å². The lowest BCUT2D eigenvalue weighted by atomic mass is 10.1. The molecule has 0 aliphatic carbocycles. The number of hydrogen-bond acceptors (Lipinski definition) is 6. The molecule has 0 N–H and O–H groups in total. The average Bonchev–Trinajstić information content (AvgIpc) is 2.92. The molecule has 0 unspecified atom stereocenters. The van der Waals surface area contributed by atoms with E-state index in [1.165, 1.54) is 13.2 Å². The smallest absolute Gasteiger partial charge is 0.313 e. The Morgan fingerprint density at radius 1 is 1.30 bits per heavy atom. The highest BCUT2D eigenvalue weighted by Gasteiger charge is 2.23. The number of carbonyl (C=O) groups excluding carboxylic acids is 2. The molecule has 0 aromatic heterocycles. The zero-order valence-corrected chi connectivity index (χ0v) is 11.4. The number of ether oxygens (including phenoxy) is 4. The van der Waals surface area contributed by atoms with Gasteiger partial charge in [0.1, 0.15) is 6.42 Å². The van der Waals surface area contributed by atoms with Crippen molar-refractivity contribution in [3.8, 4) is 17.2 Å². The minimum absolute atomic E-state index is 0.0852. The highest BCUT2D eigenvalue weighted by atomic mass is 16.7. The van der Waals surface area contributed by atoms with Gasteiger partial charge in [0.05, 0.1) is 13.7 Å². The van der Waals surface area contributed by atoms with Gasteiger partial charge in [-0.1, -0.05) is 6.92 Å². The lowest BCUT2D eigenvalue weighted by Crippen LogP contribution is -2.12. The molecule has 0 bridgehead atoms. The van der Waals surface area contributed by atoms with Crippen molar-refractivity contribution in [3.63, 3.8) is 0 Å². The van der Waals surface area contributed by atoms with E-state index in [1.54, 1.807) is 6.07 Å². The van der Waals surface area contributed by atoms with Crippen molar-refractivity contribution < 1.29 is 28.5 Å². The monoisotopic (exact) mass is 280 g/mol. The summed E-state index contributed by atoms with van der Waals surface area (Å²) < 4.78 is 20.5. The highest BCUT2D eigenvalue weighted by Crippen LogP contribution is 2.41. The first-order valence-corrected chi connectivity index (χ1v) is 6.32. The van der Waals surface area contributed by atoms with Crippen molar-refractivity contribution in [2.75, 3.05) is 20.5 Å². The third-order valence-corrected chi connectivity index (χ3v) is 2.75. The maximum absolute atomic E-state index is 12.0. The third kappa shape index (κ3) is 3.01. The van der Waals surface area contributed by atoms with Crippen molar-refractivity contribution in [1.29, 1.82) is 0 Å². The van der Waals surface area contributed by atoms with Gasteiger partial charge in [0.25, 0.3) is 0 Å². The summed E-state index contributed by atoms with van der Waals surface area (Å²) in [5.74, 6) is 0.439. The molecule has 1 aliphatic heterocycles. The van der Waals surface area contributed by atoms with Crippen LogP contribution in [0.5, 0.6) is 17.2 Å². The van der Waals surface area contributed by atoms with Crippen LogP contribution < -0.4 is 14.2 Å². The molecule has 0 radical (unpaired) electrons. The summed E-state index contributed by atoms with van der Waals surface area (Å²) >= 11 is 0. The molecule has 6 nitrogen and oxygen atoms in total. The first kappa shape index (κ1) is 14.2. The first-order valence-electron chi connectivity index (χ1n) is 6.32. The quantitative estimate of drug-likeness (QED) is 0.450. The predicted octanol–water partition coefficient (Wildman–Crippen LogP) is 1.95. The fraction of sp³-hybridized carbons (Fsp3) is 0.429. The number of carbonyl (C=O) groups is 2. The van der Waals surface area contributed by atoms with Crippen LogP contribution >= 0.6 is 0 Å². The van der Waals surface area contributed by atoms with Gasteiger partial charge in [0.15, 0.2) is 17.3 Å². The number of benzene rings is 1. The Morgan fingerprint density at radius 2 is 2.10 bits per heavy atom. The van der Waals surface area contributed by atoms with Gasteiger partial charge in [-0.05, 0) is 18.6 Å². The molecule has 0 saturated carbocycles. The molecule has 0 fully saturated rings. The molecule has 108 valence electrons. The van der Waals surface area contributed by atoms with E-state index in [1.807, 2.05) is 6.92 Å². The molecule has 1 heterocycles. The summed E-state index contributed by atoms with van der Waals surface area (Å²) in [5.41, 5.74) is 0.333. The molecule has 6 heteroatoms. The Kier molecular flexibility index (Phi) is 4.45. The second kappa shape index (κ2) is 6.27. The van der Waals surface area contributed by atoms with E-state index >= 15 is 0 Å². The third-order valence-electron chi connectivity index (χ3n) is 2.75. The largest absolute Gasteiger partial charge is 0.493 e. The Balaban J connectivity index is 2.12. The second-order valence-corrected chi connectivity index (χ2v) is 4.23. The molecule has 1 aromatic rings. The van der Waals surface area contributed by atoms with Crippen LogP contribution in [0.1, 0.15) is 30.1 Å². The van der Waals surface area contributed by atoms with Gasteiger partial charge >= 0.3 is 5.97 Å². The topological polar surface area (TPSA) is 71.1 Å². The summed E-state index contributed by atoms with van der Waals surface area (Å²) in [4.78, 5) is 23.5. The van der Waals surface area contributed by atoms with E-state index < -0.39 is 5.97 Å². The van der Waals surface area contributed by atoms with Crippen LogP contribution in [0, 0.1) is 0 Å². The number of esters is 1. The van der Waals surface area contributed by atoms with Crippen LogP contribution in [-0.4, -0.2) is 32.3 Å². The molecular formula is C14H16O6. The number of methoxy groups -OCH3 is 1. The molecule has 2 rings (SSSR count). The number of Topliss-reactive ketones (excluding diaryl/α,β-unsaturated/α-hetero) is 1. The zero-order chi connectivity index (χ0) is 14.5. The summed E-state index contributed by atoms with van der Waals surface area (Å²) in [6, 6.07) is 3.07. The summed E-state index contributed by atoms with van der Waals surface area (Å²) in [5, 5.41) is 0. The summed E-state index contributed by atoms with van der Waals surface area (Å²) in [6.45, 7) is 2.29. The minimum atomic E-state index is -0.534. The summed E-state index contributed by atoms with van der Waals surface area (Å²) in [6.07, 6.45) is 0.417. The van der Waals surface area contributed by atoms with Crippen LogP contribution in [0.15, 0.2) is 12.1 Å². The fourth-order valence-corrected chi connectivity index (χ4v) is 1.79. The van der Waals surface area contributed by atoms with Crippen LogP contribution in [0.2, 0.25) is 0 Å². The van der Waals surface area contributed by atoms with Gasteiger partial charge in [-0.15, -0.1) is 0 Å². The molecule has 0 amide bonds. The van der Waals surface area contributed by atoms with E-state index in [0.717, 1.165) is 6.42 Å². The molecule has 0 spiro atoms. The Bertz CT molecular complexity index is 523. The van der Waals surface area contributed by atoms with Crippen molar-refractivity contribution in [2.24, 2.45) is 0 Å². The Hall–Kier alpha value is -2.24. The lowest BCUT2D eigenvalue weighted by molar-refractivity contribution is -0.142. The first-order chi connectivity index (χ1) is 9.65. The maximum atomic E-state index is 12.0. The molecule has 0 atom stereocenters. The van der Waals surface area contributed by atoms with E-state index in [2.05, 4.69) is 0 Å². The van der Waals surface area contributed by atoms with Gasteiger partial charge in [0, 0.05) is 5.56 Å². The zero-order valence-electron chi connectivity index (χ0n) is 11.4. The standard InChI is InChI=1S/C14H16O6/c1-3-4-18-13(16)7-10(15)9-5-11(17-2)14-12(6-9)19-8-20-14/h5-6H,3-4,7-8H2,1-2H3. The van der Waals surface area contributed by atoms with E-state index in [4.69, 9.17) is 18.9 Å². The van der Waals surface area contributed by atoms with E-state index in [9.17, 15) is 9.59 Å². The number of ketones is 1. The van der Waals surface area contributed by atoms with Crippen molar-refractivity contribution >= 4 is 11.8 Å². The van der Waals surface area contributed by atoms with Gasteiger partial charge in [-0.3, -0.25) is 9.59 Å². The van der Waals surface area contributed by atoms with Gasteiger partial charge < -0.3 is 18.9 Å². The van der Waals surface area contributed by atoms with E-state index in [0.29, 0.717) is 29.4 Å². The van der Waals surface area contributed by atoms with Gasteiger partial charge in [-0.2, -0.15) is 0 Å². The highest BCUT2D eigenvalue weighted by molar-refractivity contribution is 6.06. The Labute approximate surface area is 116 Å². The van der Waals surface area contributed by atoms with Crippen molar-refractivity contribution in [1.82, 2.24) is 0 Å². The van der Waals surface area contributed by atoms with Crippen molar-refractivity contribution in [3.05, 3.63) is 17.7 Å². The SMILES string of the molecule is CCCOC(=O)CC(=O)c1cc(OC)c2c(c1)OCO2. The Morgan fingerprint density at radius 3 is 2.80 bits per heavy atom. The molecule has 20 heavy (non-hydrogen) atoms. The minimum Gasteiger partial charge on any atom is -0.493 e. The molecule has 0 saturated heterocycles. The molecular weight excluding hydrogens is 264 g/mol.